The monoisotopic (exact) mass is 542 g/mol. The van der Waals surface area contributed by atoms with Gasteiger partial charge in [-0.2, -0.15) is 20.5 Å². The van der Waals surface area contributed by atoms with Crippen molar-refractivity contribution in [2.45, 2.75) is 8.42 Å². The Morgan fingerprint density at radius 1 is 0.970 bits per heavy atom. The average molecular weight is 543 g/mol. The molecule has 1 N–H and O–H groups in total. The summed E-state index contributed by atoms with van der Waals surface area (Å²) in [5, 5.41) is 6.17. The number of nitrogens with zero attached hydrogens (tertiary/aromatic N) is 3. The predicted molar refractivity (Wildman–Crippen MR) is 132 cm³/mol. The highest BCUT2D eigenvalue weighted by molar-refractivity contribution is 8.11. The fraction of sp³-hybridized carbons (Fsp3) is 0.158. The van der Waals surface area contributed by atoms with Gasteiger partial charge in [0, 0.05) is 0 Å². The number of anilines is 2. The fourth-order valence-corrected chi connectivity index (χ4v) is 9.89. The van der Waals surface area contributed by atoms with Gasteiger partial charge in [0.1, 0.15) is 8.42 Å². The lowest BCUT2D eigenvalue weighted by molar-refractivity contribution is -0.116. The lowest BCUT2D eigenvalue weighted by atomic mass is 10.3. The smallest absolute Gasteiger partial charge is 0.287 e. The third-order valence-corrected chi connectivity index (χ3v) is 12.1. The Hall–Kier alpha value is -2.36. The Labute approximate surface area is 203 Å². The van der Waals surface area contributed by atoms with Crippen molar-refractivity contribution in [3.8, 4) is 0 Å². The van der Waals surface area contributed by atoms with E-state index in [9.17, 15) is 21.6 Å². The largest absolute Gasteiger partial charge is 0.301 e. The average Bonchev–Trinajstić information content (AvgIpc) is 3.47. The molecule has 0 aliphatic carbocycles. The number of aromatic nitrogens is 1. The summed E-state index contributed by atoms with van der Waals surface area (Å²) >= 11 is 3.00. The van der Waals surface area contributed by atoms with Crippen molar-refractivity contribution in [3.63, 3.8) is 0 Å². The van der Waals surface area contributed by atoms with E-state index in [1.54, 1.807) is 41.9 Å². The Bertz CT molecular complexity index is 1430. The molecule has 0 unspecified atom stereocenters. The molecule has 0 radical (unpaired) electrons. The molecule has 33 heavy (non-hydrogen) atoms. The van der Waals surface area contributed by atoms with Gasteiger partial charge in [-0.05, 0) is 55.2 Å². The first kappa shape index (κ1) is 23.8. The SMILES string of the molecule is CN(C)CC(=O)Nc1nc2ccc(N(S(=O)(=O)c3cccs3)S(=O)(=O)c3cccs3)cc2s1. The van der Waals surface area contributed by atoms with Crippen LogP contribution >= 0.6 is 34.0 Å². The summed E-state index contributed by atoms with van der Waals surface area (Å²) in [6.07, 6.45) is 0. The van der Waals surface area contributed by atoms with E-state index >= 15 is 0 Å². The first-order chi connectivity index (χ1) is 15.6. The second kappa shape index (κ2) is 9.12. The van der Waals surface area contributed by atoms with E-state index in [-0.39, 0.29) is 26.6 Å². The van der Waals surface area contributed by atoms with Crippen molar-refractivity contribution in [2.75, 3.05) is 29.7 Å². The lowest BCUT2D eigenvalue weighted by Crippen LogP contribution is -2.36. The van der Waals surface area contributed by atoms with Crippen LogP contribution in [0.1, 0.15) is 0 Å². The lowest BCUT2D eigenvalue weighted by Gasteiger charge is -2.22. The molecule has 0 bridgehead atoms. The Morgan fingerprint density at radius 2 is 1.58 bits per heavy atom. The molecule has 4 rings (SSSR count). The molecular weight excluding hydrogens is 525 g/mol. The van der Waals surface area contributed by atoms with E-state index in [1.807, 2.05) is 0 Å². The van der Waals surface area contributed by atoms with Crippen LogP contribution in [0.25, 0.3) is 10.2 Å². The molecule has 0 spiro atoms. The van der Waals surface area contributed by atoms with Gasteiger partial charge in [0.2, 0.25) is 5.91 Å². The van der Waals surface area contributed by atoms with Gasteiger partial charge in [-0.15, -0.1) is 22.7 Å². The molecule has 14 heteroatoms. The Morgan fingerprint density at radius 3 is 2.09 bits per heavy atom. The summed E-state index contributed by atoms with van der Waals surface area (Å²) in [6.45, 7) is 0.174. The quantitative estimate of drug-likeness (QED) is 0.362. The molecule has 0 saturated carbocycles. The molecule has 1 amide bonds. The maximum atomic E-state index is 13.4. The number of likely N-dealkylation sites (N-methyl/N-ethyl adjacent to an activating group) is 1. The van der Waals surface area contributed by atoms with E-state index in [0.29, 0.717) is 19.1 Å². The number of rotatable bonds is 8. The van der Waals surface area contributed by atoms with Crippen molar-refractivity contribution in [1.82, 2.24) is 9.88 Å². The van der Waals surface area contributed by atoms with Gasteiger partial charge >= 0.3 is 0 Å². The highest BCUT2D eigenvalue weighted by atomic mass is 32.3. The van der Waals surface area contributed by atoms with Crippen LogP contribution in [0.15, 0.2) is 61.6 Å². The number of carbonyl (C=O) groups excluding carboxylic acids is 1. The maximum absolute atomic E-state index is 13.4. The van der Waals surface area contributed by atoms with Crippen LogP contribution in [0, 0.1) is 0 Å². The normalized spacial score (nSPS) is 12.3. The minimum absolute atomic E-state index is 0.0425. The van der Waals surface area contributed by atoms with E-state index in [4.69, 9.17) is 0 Å². The van der Waals surface area contributed by atoms with Crippen molar-refractivity contribution in [1.29, 1.82) is 0 Å². The van der Waals surface area contributed by atoms with Crippen molar-refractivity contribution in [2.24, 2.45) is 0 Å². The number of thiazole rings is 1. The zero-order chi connectivity index (χ0) is 23.8. The first-order valence-electron chi connectivity index (χ1n) is 9.32. The molecule has 174 valence electrons. The van der Waals surface area contributed by atoms with Crippen LogP contribution in [-0.2, 0) is 24.8 Å². The Balaban J connectivity index is 1.80. The number of benzene rings is 1. The molecule has 1 aromatic carbocycles. The Kier molecular flexibility index (Phi) is 6.57. The third kappa shape index (κ3) is 4.81. The summed E-state index contributed by atoms with van der Waals surface area (Å²) in [5.74, 6) is -0.249. The molecule has 9 nitrogen and oxygen atoms in total. The van der Waals surface area contributed by atoms with Gasteiger partial charge in [0.15, 0.2) is 5.13 Å². The number of hydrogen-bond acceptors (Lipinski definition) is 10. The highest BCUT2D eigenvalue weighted by Crippen LogP contribution is 2.37. The predicted octanol–water partition coefficient (Wildman–Crippen LogP) is 3.50. The van der Waals surface area contributed by atoms with Crippen molar-refractivity contribution >= 4 is 81.0 Å². The topological polar surface area (TPSA) is 117 Å². The van der Waals surface area contributed by atoms with E-state index in [1.165, 1.54) is 30.3 Å². The van der Waals surface area contributed by atoms with Crippen LogP contribution in [-0.4, -0.2) is 53.3 Å². The number of sulfonamides is 2. The van der Waals surface area contributed by atoms with Gasteiger partial charge < -0.3 is 10.2 Å². The minimum atomic E-state index is -4.41. The molecule has 0 atom stereocenters. The number of thiophene rings is 2. The van der Waals surface area contributed by atoms with E-state index < -0.39 is 20.0 Å². The van der Waals surface area contributed by atoms with E-state index in [2.05, 4.69) is 10.3 Å². The second-order valence-corrected chi connectivity index (χ2v) is 14.2. The molecule has 0 aliphatic rings. The summed E-state index contributed by atoms with van der Waals surface area (Å²) in [7, 11) is -5.29. The van der Waals surface area contributed by atoms with Gasteiger partial charge in [-0.25, -0.2) is 4.98 Å². The van der Waals surface area contributed by atoms with Crippen LogP contribution in [0.2, 0.25) is 0 Å². The van der Waals surface area contributed by atoms with Crippen molar-refractivity contribution < 1.29 is 21.6 Å². The number of amides is 1. The summed E-state index contributed by atoms with van der Waals surface area (Å²) < 4.78 is 54.5. The fourth-order valence-electron chi connectivity index (χ4n) is 2.92. The minimum Gasteiger partial charge on any atom is -0.301 e. The van der Waals surface area contributed by atoms with Crippen LogP contribution in [0.5, 0.6) is 0 Å². The zero-order valence-electron chi connectivity index (χ0n) is 17.3. The van der Waals surface area contributed by atoms with Crippen LogP contribution < -0.4 is 9.03 Å². The molecule has 0 fully saturated rings. The summed E-state index contributed by atoms with van der Waals surface area (Å²) in [5.41, 5.74) is 0.463. The maximum Gasteiger partial charge on any atom is 0.287 e. The van der Waals surface area contributed by atoms with Crippen LogP contribution in [0.3, 0.4) is 0 Å². The molecular formula is C19H18N4O5S5. The zero-order valence-corrected chi connectivity index (χ0v) is 21.4. The van der Waals surface area contributed by atoms with Gasteiger partial charge in [-0.1, -0.05) is 23.5 Å². The molecule has 0 saturated heterocycles. The number of nitrogens with one attached hydrogen (secondary N) is 1. The second-order valence-electron chi connectivity index (χ2n) is 7.03. The molecule has 3 heterocycles. The molecule has 0 aliphatic heterocycles. The third-order valence-electron chi connectivity index (χ3n) is 4.22. The molecule has 3 aromatic heterocycles. The summed E-state index contributed by atoms with van der Waals surface area (Å²) in [4.78, 5) is 18.1. The van der Waals surface area contributed by atoms with Crippen molar-refractivity contribution in [3.05, 3.63) is 53.2 Å². The highest BCUT2D eigenvalue weighted by Gasteiger charge is 2.38. The number of fused-ring (bicyclic) bond motifs is 1. The van der Waals surface area contributed by atoms with Gasteiger partial charge in [-0.3, -0.25) is 4.79 Å². The first-order valence-corrected chi connectivity index (χ1v) is 14.8. The van der Waals surface area contributed by atoms with E-state index in [0.717, 1.165) is 34.0 Å². The number of carbonyl (C=O) groups is 1. The van der Waals surface area contributed by atoms with Gasteiger partial charge in [0.25, 0.3) is 20.0 Å². The summed E-state index contributed by atoms with van der Waals surface area (Å²) in [6, 6.07) is 10.2. The van der Waals surface area contributed by atoms with Crippen LogP contribution in [0.4, 0.5) is 10.8 Å². The molecule has 4 aromatic rings. The van der Waals surface area contributed by atoms with Gasteiger partial charge in [0.05, 0.1) is 22.4 Å². The standard InChI is InChI=1S/C19H18N4O5S5/c1-22(2)12-16(24)21-19-20-14-8-7-13(11-15(14)31-19)23(32(25,26)17-5-3-9-29-17)33(27,28)18-6-4-10-30-18/h3-11H,12H2,1-2H3,(H,20,21,24). The number of hydrogen-bond donors (Lipinski definition) is 1.